The highest BCUT2D eigenvalue weighted by atomic mass is 19.4. The maximum Gasteiger partial charge on any atom is 0.421 e. The van der Waals surface area contributed by atoms with Crippen molar-refractivity contribution in [3.63, 3.8) is 0 Å². The molecule has 0 saturated heterocycles. The van der Waals surface area contributed by atoms with Gasteiger partial charge in [0.25, 0.3) is 0 Å². The molecule has 0 bridgehead atoms. The van der Waals surface area contributed by atoms with E-state index in [4.69, 9.17) is 10.5 Å². The van der Waals surface area contributed by atoms with E-state index in [9.17, 15) is 13.2 Å². The van der Waals surface area contributed by atoms with Crippen LogP contribution in [0.15, 0.2) is 24.5 Å². The number of nitrogens with zero attached hydrogens (tertiary/aromatic N) is 3. The number of nitrogen functional groups attached to an aromatic ring is 1. The summed E-state index contributed by atoms with van der Waals surface area (Å²) >= 11 is 0. The van der Waals surface area contributed by atoms with E-state index >= 15 is 0 Å². The standard InChI is InChI=1S/C11H11F3N4O/c1-2-18-4-3-9(17-18)19-10-8(11(12,13)14)5-7(15)6-16-10/h3-6H,2,15H2,1H3. The highest BCUT2D eigenvalue weighted by Crippen LogP contribution is 2.37. The average Bonchev–Trinajstić information content (AvgIpc) is 2.78. The Labute approximate surface area is 106 Å². The molecule has 0 aliphatic carbocycles. The Hall–Kier alpha value is -2.25. The highest BCUT2D eigenvalue weighted by Gasteiger charge is 2.36. The number of hydrogen-bond donors (Lipinski definition) is 1. The quantitative estimate of drug-likeness (QED) is 0.932. The van der Waals surface area contributed by atoms with Gasteiger partial charge >= 0.3 is 6.18 Å². The van der Waals surface area contributed by atoms with Gasteiger partial charge in [0.05, 0.1) is 11.9 Å². The maximum absolute atomic E-state index is 12.8. The molecule has 0 spiro atoms. The van der Waals surface area contributed by atoms with Crippen molar-refractivity contribution < 1.29 is 17.9 Å². The van der Waals surface area contributed by atoms with E-state index in [1.54, 1.807) is 6.20 Å². The fourth-order valence-corrected chi connectivity index (χ4v) is 1.43. The minimum atomic E-state index is -4.59. The molecule has 2 rings (SSSR count). The van der Waals surface area contributed by atoms with Crippen LogP contribution in [0.1, 0.15) is 12.5 Å². The molecule has 0 saturated carbocycles. The maximum atomic E-state index is 12.8. The number of alkyl halides is 3. The van der Waals surface area contributed by atoms with Crippen LogP contribution in [0.2, 0.25) is 0 Å². The molecule has 2 heterocycles. The monoisotopic (exact) mass is 272 g/mol. The third-order valence-electron chi connectivity index (χ3n) is 2.32. The van der Waals surface area contributed by atoms with Gasteiger partial charge in [-0.25, -0.2) is 4.98 Å². The summed E-state index contributed by atoms with van der Waals surface area (Å²) in [6.07, 6.45) is -1.90. The summed E-state index contributed by atoms with van der Waals surface area (Å²) in [5.74, 6) is -0.521. The molecule has 2 aromatic heterocycles. The molecule has 0 aliphatic rings. The molecule has 0 aromatic carbocycles. The number of hydrogen-bond acceptors (Lipinski definition) is 4. The zero-order valence-corrected chi connectivity index (χ0v) is 9.98. The van der Waals surface area contributed by atoms with Crippen molar-refractivity contribution in [3.05, 3.63) is 30.1 Å². The molecule has 102 valence electrons. The van der Waals surface area contributed by atoms with Crippen molar-refractivity contribution in [2.75, 3.05) is 5.73 Å². The van der Waals surface area contributed by atoms with Crippen LogP contribution < -0.4 is 10.5 Å². The van der Waals surface area contributed by atoms with Gasteiger partial charge in [0, 0.05) is 18.8 Å². The van der Waals surface area contributed by atoms with Gasteiger partial charge in [-0.1, -0.05) is 0 Å². The van der Waals surface area contributed by atoms with Gasteiger partial charge in [0.1, 0.15) is 5.56 Å². The molecular weight excluding hydrogens is 261 g/mol. The lowest BCUT2D eigenvalue weighted by molar-refractivity contribution is -0.138. The molecule has 2 aromatic rings. The smallest absolute Gasteiger partial charge is 0.418 e. The van der Waals surface area contributed by atoms with E-state index in [1.165, 1.54) is 10.7 Å². The van der Waals surface area contributed by atoms with Gasteiger partial charge in [-0.3, -0.25) is 4.68 Å². The number of pyridine rings is 1. The van der Waals surface area contributed by atoms with E-state index in [2.05, 4.69) is 10.1 Å². The van der Waals surface area contributed by atoms with Crippen molar-refractivity contribution in [1.82, 2.24) is 14.8 Å². The zero-order chi connectivity index (χ0) is 14.0. The summed E-state index contributed by atoms with van der Waals surface area (Å²) in [6.45, 7) is 2.43. The normalized spacial score (nSPS) is 11.6. The Bertz CT molecular complexity index is 580. The Kier molecular flexibility index (Phi) is 3.32. The zero-order valence-electron chi connectivity index (χ0n) is 9.98. The lowest BCUT2D eigenvalue weighted by Gasteiger charge is -2.11. The first-order valence-electron chi connectivity index (χ1n) is 5.44. The SMILES string of the molecule is CCn1ccc(Oc2ncc(N)cc2C(F)(F)F)n1. The predicted octanol–water partition coefficient (Wildman–Crippen LogP) is 2.69. The number of nitrogens with two attached hydrogens (primary N) is 1. The van der Waals surface area contributed by atoms with Crippen LogP contribution in [-0.2, 0) is 12.7 Å². The molecule has 0 amide bonds. The summed E-state index contributed by atoms with van der Waals surface area (Å²) in [7, 11) is 0. The van der Waals surface area contributed by atoms with Gasteiger partial charge in [-0.05, 0) is 13.0 Å². The Morgan fingerprint density at radius 1 is 1.42 bits per heavy atom. The second-order valence-corrected chi connectivity index (χ2v) is 3.73. The van der Waals surface area contributed by atoms with Crippen LogP contribution in [0.4, 0.5) is 18.9 Å². The first-order valence-corrected chi connectivity index (χ1v) is 5.44. The number of anilines is 1. The molecule has 0 atom stereocenters. The number of aromatic nitrogens is 3. The van der Waals surface area contributed by atoms with E-state index in [-0.39, 0.29) is 11.6 Å². The summed E-state index contributed by atoms with van der Waals surface area (Å²) in [5, 5.41) is 3.93. The van der Waals surface area contributed by atoms with Crippen molar-refractivity contribution in [2.45, 2.75) is 19.6 Å². The van der Waals surface area contributed by atoms with Gasteiger partial charge in [-0.2, -0.15) is 13.2 Å². The molecule has 0 unspecified atom stereocenters. The molecule has 0 radical (unpaired) electrons. The van der Waals surface area contributed by atoms with Crippen LogP contribution in [0.5, 0.6) is 11.8 Å². The topological polar surface area (TPSA) is 66.0 Å². The van der Waals surface area contributed by atoms with Crippen molar-refractivity contribution >= 4 is 5.69 Å². The second kappa shape index (κ2) is 4.79. The lowest BCUT2D eigenvalue weighted by atomic mass is 10.2. The molecular formula is C11H11F3N4O. The molecule has 19 heavy (non-hydrogen) atoms. The predicted molar refractivity (Wildman–Crippen MR) is 61.6 cm³/mol. The van der Waals surface area contributed by atoms with E-state index in [0.717, 1.165) is 12.3 Å². The highest BCUT2D eigenvalue weighted by molar-refractivity contribution is 5.44. The van der Waals surface area contributed by atoms with Crippen LogP contribution in [0.25, 0.3) is 0 Å². The first-order chi connectivity index (χ1) is 8.90. The van der Waals surface area contributed by atoms with E-state index < -0.39 is 17.6 Å². The van der Waals surface area contributed by atoms with Crippen LogP contribution >= 0.6 is 0 Å². The van der Waals surface area contributed by atoms with Crippen LogP contribution in [0.3, 0.4) is 0 Å². The van der Waals surface area contributed by atoms with E-state index in [0.29, 0.717) is 6.54 Å². The Balaban J connectivity index is 2.34. The third-order valence-corrected chi connectivity index (χ3v) is 2.32. The number of ether oxygens (including phenoxy) is 1. The van der Waals surface area contributed by atoms with Crippen molar-refractivity contribution in [1.29, 1.82) is 0 Å². The van der Waals surface area contributed by atoms with Gasteiger partial charge in [0.2, 0.25) is 11.8 Å². The molecule has 0 aliphatic heterocycles. The van der Waals surface area contributed by atoms with Gasteiger partial charge in [0.15, 0.2) is 0 Å². The third kappa shape index (κ3) is 2.95. The summed E-state index contributed by atoms with van der Waals surface area (Å²) < 4.78 is 45.0. The van der Waals surface area contributed by atoms with Crippen molar-refractivity contribution in [2.24, 2.45) is 0 Å². The lowest BCUT2D eigenvalue weighted by Crippen LogP contribution is -2.09. The Morgan fingerprint density at radius 2 is 2.16 bits per heavy atom. The molecule has 8 heteroatoms. The number of halogens is 3. The minimum Gasteiger partial charge on any atom is -0.418 e. The van der Waals surface area contributed by atoms with Crippen molar-refractivity contribution in [3.8, 4) is 11.8 Å². The summed E-state index contributed by atoms with van der Waals surface area (Å²) in [5.41, 5.74) is 4.19. The van der Waals surface area contributed by atoms with Crippen LogP contribution in [0, 0.1) is 0 Å². The van der Waals surface area contributed by atoms with Gasteiger partial charge < -0.3 is 10.5 Å². The summed E-state index contributed by atoms with van der Waals surface area (Å²) in [4.78, 5) is 3.56. The second-order valence-electron chi connectivity index (χ2n) is 3.73. The molecule has 2 N–H and O–H groups in total. The first kappa shape index (κ1) is 13.2. The fraction of sp³-hybridized carbons (Fsp3) is 0.273. The summed E-state index contributed by atoms with van der Waals surface area (Å²) in [6, 6.07) is 2.24. The fourth-order valence-electron chi connectivity index (χ4n) is 1.43. The average molecular weight is 272 g/mol. The number of aryl methyl sites for hydroxylation is 1. The molecule has 5 nitrogen and oxygen atoms in total. The minimum absolute atomic E-state index is 0.0459. The number of rotatable bonds is 3. The van der Waals surface area contributed by atoms with Crippen LogP contribution in [-0.4, -0.2) is 14.8 Å². The molecule has 0 fully saturated rings. The Morgan fingerprint density at radius 3 is 2.74 bits per heavy atom. The van der Waals surface area contributed by atoms with E-state index in [1.807, 2.05) is 6.92 Å². The van der Waals surface area contributed by atoms with Gasteiger partial charge in [-0.15, -0.1) is 5.10 Å². The largest absolute Gasteiger partial charge is 0.421 e.